The number of nitro groups is 1. The molecule has 2 aromatic carbocycles. The predicted molar refractivity (Wildman–Crippen MR) is 99.6 cm³/mol. The van der Waals surface area contributed by atoms with Crippen LogP contribution in [-0.4, -0.2) is 28.3 Å². The Morgan fingerprint density at radius 2 is 1.96 bits per heavy atom. The van der Waals surface area contributed by atoms with Crippen molar-refractivity contribution in [3.8, 4) is 0 Å². The minimum atomic E-state index is -1.97. The number of fused-ring (bicyclic) bond motifs is 1. The van der Waals surface area contributed by atoms with Crippen LogP contribution in [0.5, 0.6) is 0 Å². The van der Waals surface area contributed by atoms with Gasteiger partial charge < -0.3 is 10.0 Å². The topological polar surface area (TPSA) is 101 Å². The summed E-state index contributed by atoms with van der Waals surface area (Å²) in [5, 5.41) is 22.1. The second-order valence-electron chi connectivity index (χ2n) is 6.60. The van der Waals surface area contributed by atoms with E-state index >= 15 is 0 Å². The molecule has 0 radical (unpaired) electrons. The van der Waals surface area contributed by atoms with E-state index in [1.165, 1.54) is 23.1 Å². The van der Waals surface area contributed by atoms with Crippen molar-refractivity contribution < 1.29 is 19.6 Å². The Morgan fingerprint density at radius 1 is 1.22 bits per heavy atom. The summed E-state index contributed by atoms with van der Waals surface area (Å²) in [6.45, 7) is 2.46. The zero-order valence-electron chi connectivity index (χ0n) is 14.9. The van der Waals surface area contributed by atoms with E-state index in [0.29, 0.717) is 17.8 Å². The lowest BCUT2D eigenvalue weighted by atomic mass is 9.88. The van der Waals surface area contributed by atoms with Gasteiger partial charge in [0.15, 0.2) is 11.4 Å². The van der Waals surface area contributed by atoms with Crippen LogP contribution in [-0.2, 0) is 10.4 Å². The third kappa shape index (κ3) is 3.33. The van der Waals surface area contributed by atoms with E-state index in [2.05, 4.69) is 0 Å². The lowest BCUT2D eigenvalue weighted by Gasteiger charge is -2.22. The molecule has 1 aliphatic heterocycles. The van der Waals surface area contributed by atoms with E-state index in [0.717, 1.165) is 18.9 Å². The largest absolute Gasteiger partial charge is 0.375 e. The number of amides is 1. The molecule has 0 aliphatic carbocycles. The van der Waals surface area contributed by atoms with Crippen LogP contribution in [0.25, 0.3) is 0 Å². The number of rotatable bonds is 7. The monoisotopic (exact) mass is 368 g/mol. The number of nitro benzene ring substituents is 1. The first kappa shape index (κ1) is 18.7. The van der Waals surface area contributed by atoms with Gasteiger partial charge in [-0.3, -0.25) is 19.7 Å². The fraction of sp³-hybridized carbons (Fsp3) is 0.300. The molecule has 0 saturated carbocycles. The Labute approximate surface area is 156 Å². The van der Waals surface area contributed by atoms with Crippen molar-refractivity contribution >= 4 is 23.1 Å². The number of anilines is 1. The highest BCUT2D eigenvalue weighted by Gasteiger charge is 2.50. The normalized spacial score (nSPS) is 18.4. The maximum Gasteiger partial charge on any atom is 0.270 e. The molecule has 0 spiro atoms. The number of hydrogen-bond acceptors (Lipinski definition) is 5. The summed E-state index contributed by atoms with van der Waals surface area (Å²) in [5.41, 5.74) is -1.09. The fourth-order valence-corrected chi connectivity index (χ4v) is 3.34. The predicted octanol–water partition coefficient (Wildman–Crippen LogP) is 3.20. The molecule has 1 heterocycles. The van der Waals surface area contributed by atoms with E-state index in [1.54, 1.807) is 24.3 Å². The van der Waals surface area contributed by atoms with Crippen LogP contribution < -0.4 is 4.90 Å². The molecule has 7 nitrogen and oxygen atoms in total. The molecule has 0 unspecified atom stereocenters. The summed E-state index contributed by atoms with van der Waals surface area (Å²) >= 11 is 0. The van der Waals surface area contributed by atoms with E-state index in [9.17, 15) is 24.8 Å². The zero-order chi connectivity index (χ0) is 19.6. The zero-order valence-corrected chi connectivity index (χ0v) is 14.9. The van der Waals surface area contributed by atoms with Gasteiger partial charge in [0.1, 0.15) is 0 Å². The number of ketones is 1. The summed E-state index contributed by atoms with van der Waals surface area (Å²) in [4.78, 5) is 37.5. The average Bonchev–Trinajstić information content (AvgIpc) is 2.88. The number of unbranched alkanes of at least 4 members (excludes halogenated alkanes) is 1. The molecular formula is C20H20N2O5. The lowest BCUT2D eigenvalue weighted by Crippen LogP contribution is -2.42. The van der Waals surface area contributed by atoms with Gasteiger partial charge in [-0.15, -0.1) is 0 Å². The number of nitrogens with zero attached hydrogens (tertiary/aromatic N) is 2. The van der Waals surface area contributed by atoms with Crippen molar-refractivity contribution in [2.45, 2.75) is 31.8 Å². The number of para-hydroxylation sites is 1. The first-order chi connectivity index (χ1) is 12.9. The first-order valence-electron chi connectivity index (χ1n) is 8.80. The van der Waals surface area contributed by atoms with E-state index < -0.39 is 28.6 Å². The summed E-state index contributed by atoms with van der Waals surface area (Å²) in [6.07, 6.45) is 1.19. The molecule has 0 fully saturated rings. The summed E-state index contributed by atoms with van der Waals surface area (Å²) < 4.78 is 0. The number of carbonyl (C=O) groups excluding carboxylic acids is 2. The number of carbonyl (C=O) groups is 2. The third-order valence-corrected chi connectivity index (χ3v) is 4.77. The van der Waals surface area contributed by atoms with Crippen LogP contribution in [0, 0.1) is 10.1 Å². The molecule has 1 amide bonds. The molecular weight excluding hydrogens is 348 g/mol. The number of aliphatic hydroxyl groups is 1. The second kappa shape index (κ2) is 7.28. The SMILES string of the molecule is CCCCN1C(=O)[C@](O)(CC(=O)c2cccc([N+](=O)[O-])c2)c2ccccc21. The Morgan fingerprint density at radius 3 is 2.67 bits per heavy atom. The first-order valence-corrected chi connectivity index (χ1v) is 8.80. The summed E-state index contributed by atoms with van der Waals surface area (Å²) in [7, 11) is 0. The van der Waals surface area contributed by atoms with Gasteiger partial charge in [-0.1, -0.05) is 43.7 Å². The van der Waals surface area contributed by atoms with Gasteiger partial charge in [-0.2, -0.15) is 0 Å². The highest BCUT2D eigenvalue weighted by atomic mass is 16.6. The molecule has 1 atom stereocenters. The molecule has 140 valence electrons. The minimum absolute atomic E-state index is 0.0925. The molecule has 7 heteroatoms. The highest BCUT2D eigenvalue weighted by molar-refractivity contribution is 6.10. The Hall–Kier alpha value is -3.06. The number of Topliss-reactive ketones (excluding diaryl/α,β-unsaturated/α-hetero) is 1. The van der Waals surface area contributed by atoms with Gasteiger partial charge in [-0.25, -0.2) is 0 Å². The maximum atomic E-state index is 12.9. The van der Waals surface area contributed by atoms with Crippen molar-refractivity contribution in [1.29, 1.82) is 0 Å². The number of hydrogen-bond donors (Lipinski definition) is 1. The number of benzene rings is 2. The van der Waals surface area contributed by atoms with Gasteiger partial charge in [0.25, 0.3) is 11.6 Å². The molecule has 0 bridgehead atoms. The van der Waals surface area contributed by atoms with E-state index in [4.69, 9.17) is 0 Å². The van der Waals surface area contributed by atoms with E-state index in [1.807, 2.05) is 6.92 Å². The molecule has 0 saturated heterocycles. The van der Waals surface area contributed by atoms with Crippen LogP contribution in [0.2, 0.25) is 0 Å². The molecule has 2 aromatic rings. The standard InChI is InChI=1S/C20H20N2O5/c1-2-3-11-21-17-10-5-4-9-16(17)20(25,19(21)24)13-18(23)14-7-6-8-15(12-14)22(26)27/h4-10,12,25H,2-3,11,13H2,1H3/t20-/m0/s1. The average molecular weight is 368 g/mol. The van der Waals surface area contributed by atoms with Crippen molar-refractivity contribution in [2.75, 3.05) is 11.4 Å². The molecule has 27 heavy (non-hydrogen) atoms. The minimum Gasteiger partial charge on any atom is -0.375 e. The fourth-order valence-electron chi connectivity index (χ4n) is 3.34. The third-order valence-electron chi connectivity index (χ3n) is 4.77. The van der Waals surface area contributed by atoms with Gasteiger partial charge in [0.05, 0.1) is 17.0 Å². The molecule has 1 aliphatic rings. The van der Waals surface area contributed by atoms with Crippen molar-refractivity contribution in [2.24, 2.45) is 0 Å². The van der Waals surface area contributed by atoms with Crippen molar-refractivity contribution in [3.63, 3.8) is 0 Å². The lowest BCUT2D eigenvalue weighted by molar-refractivity contribution is -0.384. The van der Waals surface area contributed by atoms with Crippen molar-refractivity contribution in [3.05, 3.63) is 69.8 Å². The van der Waals surface area contributed by atoms with Crippen LogP contribution in [0.15, 0.2) is 48.5 Å². The second-order valence-corrected chi connectivity index (χ2v) is 6.60. The smallest absolute Gasteiger partial charge is 0.270 e. The molecule has 3 rings (SSSR count). The Kier molecular flexibility index (Phi) is 5.05. The van der Waals surface area contributed by atoms with Crippen LogP contribution in [0.3, 0.4) is 0 Å². The van der Waals surface area contributed by atoms with Crippen LogP contribution >= 0.6 is 0 Å². The van der Waals surface area contributed by atoms with Gasteiger partial charge in [0, 0.05) is 29.8 Å². The number of non-ortho nitro benzene ring substituents is 1. The van der Waals surface area contributed by atoms with Gasteiger partial charge >= 0.3 is 0 Å². The van der Waals surface area contributed by atoms with Gasteiger partial charge in [0.2, 0.25) is 0 Å². The maximum absolute atomic E-state index is 12.9. The van der Waals surface area contributed by atoms with Crippen LogP contribution in [0.4, 0.5) is 11.4 Å². The van der Waals surface area contributed by atoms with Crippen molar-refractivity contribution in [1.82, 2.24) is 0 Å². The summed E-state index contributed by atoms with van der Waals surface area (Å²) in [6, 6.07) is 12.2. The van der Waals surface area contributed by atoms with E-state index in [-0.39, 0.29) is 11.3 Å². The summed E-state index contributed by atoms with van der Waals surface area (Å²) in [5.74, 6) is -1.06. The quantitative estimate of drug-likeness (QED) is 0.459. The molecule has 0 aromatic heterocycles. The van der Waals surface area contributed by atoms with Gasteiger partial charge in [-0.05, 0) is 12.5 Å². The highest BCUT2D eigenvalue weighted by Crippen LogP contribution is 2.43. The Balaban J connectivity index is 1.93. The molecule has 1 N–H and O–H groups in total. The van der Waals surface area contributed by atoms with Crippen LogP contribution in [0.1, 0.15) is 42.1 Å². The Bertz CT molecular complexity index is 911.